The van der Waals surface area contributed by atoms with Crippen molar-refractivity contribution in [2.75, 3.05) is 0 Å². The molecule has 2 N–H and O–H groups in total. The number of carbonyl (C=O) groups is 2. The lowest BCUT2D eigenvalue weighted by Crippen LogP contribution is -2.49. The topological polar surface area (TPSA) is 103 Å². The molecule has 1 aromatic carbocycles. The van der Waals surface area contributed by atoms with Crippen LogP contribution in [-0.2, 0) is 34.8 Å². The summed E-state index contributed by atoms with van der Waals surface area (Å²) in [5.74, 6) is -1.62. The van der Waals surface area contributed by atoms with Crippen molar-refractivity contribution >= 4 is 19.6 Å². The van der Waals surface area contributed by atoms with Gasteiger partial charge in [0, 0.05) is 0 Å². The van der Waals surface area contributed by atoms with Crippen molar-refractivity contribution in [1.82, 2.24) is 10.2 Å². The highest BCUT2D eigenvalue weighted by Crippen LogP contribution is 2.42. The molecule has 0 amide bonds. The number of carbonyl (C=O) groups excluding carboxylic acids is 2. The number of esters is 2. The largest absolute Gasteiger partial charge is 0.459 e. The maximum absolute atomic E-state index is 14.1. The minimum atomic E-state index is -3.95. The van der Waals surface area contributed by atoms with Crippen LogP contribution in [0.3, 0.4) is 0 Å². The third kappa shape index (κ3) is 11.1. The van der Waals surface area contributed by atoms with Crippen molar-refractivity contribution < 1.29 is 28.2 Å². The van der Waals surface area contributed by atoms with Gasteiger partial charge in [0.15, 0.2) is 0 Å². The van der Waals surface area contributed by atoms with Crippen LogP contribution in [0.5, 0.6) is 0 Å². The highest BCUT2D eigenvalue weighted by molar-refractivity contribution is 7.54. The van der Waals surface area contributed by atoms with Gasteiger partial charge in [0.25, 0.3) is 0 Å². The van der Waals surface area contributed by atoms with Crippen molar-refractivity contribution in [1.29, 1.82) is 0 Å². The Hall–Kier alpha value is -1.73. The molecule has 0 radical (unpaired) electrons. The SMILES string of the molecule is CC(C)[C@H](NP(=O)(N[C@H](C(=O)OC(C)(C)C)C(C)C)OCc1ccccc1)C(=O)OC(C)(C)C. The summed E-state index contributed by atoms with van der Waals surface area (Å²) < 4.78 is 31.0. The molecule has 34 heavy (non-hydrogen) atoms. The molecule has 9 heteroatoms. The number of hydrogen-bond acceptors (Lipinski definition) is 6. The normalized spacial score (nSPS) is 14.7. The van der Waals surface area contributed by atoms with E-state index in [2.05, 4.69) is 10.2 Å². The third-order valence-corrected chi connectivity index (χ3v) is 6.26. The molecule has 0 saturated heterocycles. The molecule has 0 bridgehead atoms. The van der Waals surface area contributed by atoms with Crippen molar-refractivity contribution in [3.63, 3.8) is 0 Å². The van der Waals surface area contributed by atoms with Gasteiger partial charge in [-0.2, -0.15) is 0 Å². The number of ether oxygens (including phenoxy) is 2. The Bertz CT molecular complexity index is 797. The van der Waals surface area contributed by atoms with Crippen LogP contribution >= 0.6 is 7.67 Å². The van der Waals surface area contributed by atoms with E-state index in [4.69, 9.17) is 14.0 Å². The minimum Gasteiger partial charge on any atom is -0.459 e. The summed E-state index contributed by atoms with van der Waals surface area (Å²) in [6.45, 7) is 17.9. The molecule has 1 aromatic rings. The molecule has 0 fully saturated rings. The van der Waals surface area contributed by atoms with E-state index in [1.807, 2.05) is 58.0 Å². The predicted octanol–water partition coefficient (Wildman–Crippen LogP) is 5.22. The maximum atomic E-state index is 14.1. The summed E-state index contributed by atoms with van der Waals surface area (Å²) in [5.41, 5.74) is -0.640. The zero-order chi connectivity index (χ0) is 26.3. The van der Waals surface area contributed by atoms with Gasteiger partial charge < -0.3 is 14.0 Å². The Morgan fingerprint density at radius 3 is 1.50 bits per heavy atom. The fraction of sp³-hybridized carbons (Fsp3) is 0.680. The van der Waals surface area contributed by atoms with Crippen LogP contribution in [0, 0.1) is 11.8 Å². The molecule has 0 aliphatic heterocycles. The zero-order valence-corrected chi connectivity index (χ0v) is 23.2. The van der Waals surface area contributed by atoms with Gasteiger partial charge in [-0.25, -0.2) is 10.2 Å². The Balaban J connectivity index is 3.27. The summed E-state index contributed by atoms with van der Waals surface area (Å²) in [7, 11) is -3.95. The maximum Gasteiger partial charge on any atom is 0.342 e. The molecule has 0 heterocycles. The Labute approximate surface area is 205 Å². The van der Waals surface area contributed by atoms with E-state index in [9.17, 15) is 14.2 Å². The first-order valence-corrected chi connectivity index (χ1v) is 13.3. The summed E-state index contributed by atoms with van der Waals surface area (Å²) in [5, 5.41) is 5.73. The van der Waals surface area contributed by atoms with Gasteiger partial charge in [0.1, 0.15) is 23.3 Å². The lowest BCUT2D eigenvalue weighted by molar-refractivity contribution is -0.158. The average Bonchev–Trinajstić information content (AvgIpc) is 2.66. The predicted molar refractivity (Wildman–Crippen MR) is 134 cm³/mol. The van der Waals surface area contributed by atoms with Gasteiger partial charge in [-0.05, 0) is 58.9 Å². The molecule has 194 valence electrons. The van der Waals surface area contributed by atoms with Crippen LogP contribution in [0.25, 0.3) is 0 Å². The smallest absolute Gasteiger partial charge is 0.342 e. The first kappa shape index (κ1) is 30.3. The first-order chi connectivity index (χ1) is 15.4. The van der Waals surface area contributed by atoms with Crippen LogP contribution in [-0.4, -0.2) is 35.2 Å². The fourth-order valence-corrected chi connectivity index (χ4v) is 4.99. The monoisotopic (exact) mass is 498 g/mol. The molecule has 0 spiro atoms. The summed E-state index contributed by atoms with van der Waals surface area (Å²) in [6.07, 6.45) is 0. The van der Waals surface area contributed by atoms with Crippen LogP contribution in [0.2, 0.25) is 0 Å². The fourth-order valence-electron chi connectivity index (χ4n) is 2.90. The molecule has 0 saturated carbocycles. The van der Waals surface area contributed by atoms with Gasteiger partial charge in [0.2, 0.25) is 0 Å². The average molecular weight is 499 g/mol. The van der Waals surface area contributed by atoms with Gasteiger partial charge in [-0.1, -0.05) is 58.0 Å². The van der Waals surface area contributed by atoms with Gasteiger partial charge in [0.05, 0.1) is 6.61 Å². The van der Waals surface area contributed by atoms with Crippen molar-refractivity contribution in [3.05, 3.63) is 35.9 Å². The highest BCUT2D eigenvalue weighted by Gasteiger charge is 2.40. The molecule has 0 aliphatic rings. The molecule has 8 nitrogen and oxygen atoms in total. The van der Waals surface area contributed by atoms with Crippen LogP contribution in [0.1, 0.15) is 74.8 Å². The Morgan fingerprint density at radius 2 is 1.18 bits per heavy atom. The molecular weight excluding hydrogens is 455 g/mol. The zero-order valence-electron chi connectivity index (χ0n) is 22.3. The van der Waals surface area contributed by atoms with Crippen molar-refractivity contribution in [3.8, 4) is 0 Å². The van der Waals surface area contributed by atoms with E-state index < -0.39 is 42.9 Å². The van der Waals surface area contributed by atoms with E-state index in [1.54, 1.807) is 41.5 Å². The second-order valence-electron chi connectivity index (χ2n) is 11.1. The lowest BCUT2D eigenvalue weighted by atomic mass is 10.1. The Morgan fingerprint density at radius 1 is 0.794 bits per heavy atom. The van der Waals surface area contributed by atoms with Gasteiger partial charge >= 0.3 is 19.6 Å². The second-order valence-corrected chi connectivity index (χ2v) is 13.0. The molecule has 0 unspecified atom stereocenters. The third-order valence-electron chi connectivity index (χ3n) is 4.53. The summed E-state index contributed by atoms with van der Waals surface area (Å²) >= 11 is 0. The van der Waals surface area contributed by atoms with E-state index in [0.29, 0.717) is 0 Å². The number of nitrogens with one attached hydrogen (secondary N) is 2. The highest BCUT2D eigenvalue weighted by atomic mass is 31.2. The lowest BCUT2D eigenvalue weighted by Gasteiger charge is -2.33. The van der Waals surface area contributed by atoms with E-state index in [-0.39, 0.29) is 18.4 Å². The number of benzene rings is 1. The summed E-state index contributed by atoms with van der Waals surface area (Å²) in [4.78, 5) is 25.8. The minimum absolute atomic E-state index is 0.0103. The first-order valence-electron chi connectivity index (χ1n) is 11.7. The number of rotatable bonds is 11. The number of hydrogen-bond donors (Lipinski definition) is 2. The molecule has 2 atom stereocenters. The van der Waals surface area contributed by atoms with E-state index in [1.165, 1.54) is 0 Å². The second kappa shape index (κ2) is 12.3. The molecule has 0 aliphatic carbocycles. The Kier molecular flexibility index (Phi) is 11.0. The van der Waals surface area contributed by atoms with Crippen LogP contribution in [0.15, 0.2) is 30.3 Å². The van der Waals surface area contributed by atoms with Crippen molar-refractivity contribution in [2.45, 2.75) is 99.1 Å². The van der Waals surface area contributed by atoms with E-state index in [0.717, 1.165) is 5.56 Å². The van der Waals surface area contributed by atoms with Gasteiger partial charge in [-0.3, -0.25) is 14.2 Å². The van der Waals surface area contributed by atoms with Gasteiger partial charge in [-0.15, -0.1) is 0 Å². The van der Waals surface area contributed by atoms with Crippen molar-refractivity contribution in [2.24, 2.45) is 11.8 Å². The van der Waals surface area contributed by atoms with Crippen LogP contribution in [0.4, 0.5) is 0 Å². The summed E-state index contributed by atoms with van der Waals surface area (Å²) in [6, 6.07) is 7.38. The molecular formula is C25H43N2O6P. The van der Waals surface area contributed by atoms with Crippen LogP contribution < -0.4 is 10.2 Å². The molecule has 0 aromatic heterocycles. The van der Waals surface area contributed by atoms with E-state index >= 15 is 0 Å². The molecule has 1 rings (SSSR count). The standard InChI is InChI=1S/C25H43N2O6P/c1-17(2)20(22(28)32-24(5,6)7)26-34(30,31-16-19-14-12-11-13-15-19)27-21(18(3)4)23(29)33-25(8,9)10/h11-15,17-18,20-21H,16H2,1-10H3,(H2,26,27,30)/t20-,21-/m0/s1. The quantitative estimate of drug-likeness (QED) is 0.316.